The van der Waals surface area contributed by atoms with Crippen LogP contribution in [0.2, 0.25) is 0 Å². The van der Waals surface area contributed by atoms with E-state index in [0.717, 1.165) is 24.7 Å². The Hall–Kier alpha value is -7.69. The molecule has 1 aromatic rings. The number of benzene rings is 1. The minimum Gasteiger partial charge on any atom is -0.343 e. The molecule has 28 nitrogen and oxygen atoms in total. The molecule has 2 aliphatic rings. The van der Waals surface area contributed by atoms with Gasteiger partial charge in [0.05, 0.1) is 4.90 Å². The molecular formula is C70H117N13O15S. The maximum atomic E-state index is 15.4. The van der Waals surface area contributed by atoms with Gasteiger partial charge >= 0.3 is 6.03 Å². The number of amides is 13. The van der Waals surface area contributed by atoms with Gasteiger partial charge in [0.1, 0.15) is 66.5 Å². The zero-order valence-electron chi connectivity index (χ0n) is 63.3. The van der Waals surface area contributed by atoms with E-state index in [9.17, 15) is 32.4 Å². The summed E-state index contributed by atoms with van der Waals surface area (Å²) in [5.74, 6) is -10.5. The number of rotatable bonds is 17. The first-order chi connectivity index (χ1) is 45.7. The molecule has 13 amide bonds. The second-order valence-electron chi connectivity index (χ2n) is 29.6. The Labute approximate surface area is 588 Å². The zero-order valence-corrected chi connectivity index (χ0v) is 64.1. The first-order valence-corrected chi connectivity index (χ1v) is 36.0. The van der Waals surface area contributed by atoms with Gasteiger partial charge in [0.25, 0.3) is 15.9 Å². The minimum absolute atomic E-state index is 0.0262. The summed E-state index contributed by atoms with van der Waals surface area (Å²) in [6.07, 6.45) is 3.50. The standard InChI is InChI=1S/C70H117N13O15S/c1-26-28-32-44(13)56-55-60(86)73-49(27-2)64(90)77(20)47(16)63(89)82(25)57(70(17,18)38-76(19)69(95)75-99(96,97)48-33-30-29-31-34-48)61(87)74-53(42(9)10)67(93)78(21)50(35-39(3)4)59(85)71-45(14)58(84)72-46(15)62(88)79(22)51(36-40(5)6)65(91)80(23)52(37-41(7)8)66(92)81(24)54(43(11)12)68(94)83(55)98-56/h26,28-31,33-34,39-47,49-57H,27,32,35-38H2,1-25H3,(H,71,85)(H,72,84)(H,73,86)(H,74,87)(H,75,95)/b28-26+/t44-,45+,46-,47-,49+,50+,51-,52+,53+,54+,55+,56?,57-/m1/s1. The lowest BCUT2D eigenvalue weighted by molar-refractivity contribution is -0.321. The van der Waals surface area contributed by atoms with Crippen molar-refractivity contribution in [2.45, 2.75) is 234 Å². The second-order valence-corrected chi connectivity index (χ2v) is 31.3. The number of carbonyl (C=O) groups excluding carboxylic acids is 12. The molecule has 0 aromatic heterocycles. The predicted molar refractivity (Wildman–Crippen MR) is 375 cm³/mol. The van der Waals surface area contributed by atoms with E-state index in [1.807, 2.05) is 72.3 Å². The molecule has 5 N–H and O–H groups in total. The van der Waals surface area contributed by atoms with E-state index in [-0.39, 0.29) is 54.3 Å². The summed E-state index contributed by atoms with van der Waals surface area (Å²) in [5.41, 5.74) is -1.54. The number of urea groups is 1. The van der Waals surface area contributed by atoms with Gasteiger partial charge in [-0.1, -0.05) is 127 Å². The first kappa shape index (κ1) is 85.5. The summed E-state index contributed by atoms with van der Waals surface area (Å²) in [6, 6.07) is -8.55. The van der Waals surface area contributed by atoms with Crippen molar-refractivity contribution >= 4 is 81.0 Å². The molecule has 1 aromatic carbocycles. The summed E-state index contributed by atoms with van der Waals surface area (Å²) in [6.45, 7) is 30.0. The third-order valence-electron chi connectivity index (χ3n) is 18.7. The highest BCUT2D eigenvalue weighted by molar-refractivity contribution is 7.90. The average molecular weight is 1410 g/mol. The Kier molecular flexibility index (Phi) is 31.6. The number of sulfonamides is 1. The third-order valence-corrected chi connectivity index (χ3v) is 20.0. The van der Waals surface area contributed by atoms with E-state index < -0.39 is 177 Å². The van der Waals surface area contributed by atoms with Crippen LogP contribution in [-0.4, -0.2) is 247 Å². The third kappa shape index (κ3) is 21.7. The van der Waals surface area contributed by atoms with Crippen LogP contribution in [0.15, 0.2) is 47.4 Å². The number of hydroxylamine groups is 2. The molecule has 3 rings (SSSR count). The molecule has 558 valence electrons. The van der Waals surface area contributed by atoms with Gasteiger partial charge in [-0.3, -0.25) is 57.6 Å². The molecule has 0 spiro atoms. The number of nitrogens with one attached hydrogen (secondary N) is 5. The van der Waals surface area contributed by atoms with Crippen molar-refractivity contribution in [3.8, 4) is 0 Å². The number of carbonyl (C=O) groups is 12. The normalized spacial score (nSPS) is 26.5. The number of nitrogens with zero attached hydrogens (tertiary/aromatic N) is 8. The van der Waals surface area contributed by atoms with Crippen molar-refractivity contribution in [2.24, 2.45) is 40.9 Å². The SMILES string of the molecule is C/C=C/C[C@@H](C)C1ON2C(=O)[C@H](C(C)C)N(C)C(=O)[C@H](CC(C)C)N(C)C(=O)[C@@H](CC(C)C)N(C)C(=O)[C@@H](C)NC(=O)[C@H](C)NC(=O)[C@H](CC(C)C)N(C)C(=O)[C@H](C(C)C)NC(=O)[C@H](C(C)(C)CN(C)C(=O)NS(=O)(=O)c3ccccc3)N(C)C(=O)[C@@H](C)N(C)C(=O)[C@H](CC)NC(=O)[C@H]12. The van der Waals surface area contributed by atoms with Crippen LogP contribution in [0.5, 0.6) is 0 Å². The highest BCUT2D eigenvalue weighted by Gasteiger charge is 2.55. The van der Waals surface area contributed by atoms with E-state index >= 15 is 33.6 Å². The quantitative estimate of drug-likeness (QED) is 0.138. The van der Waals surface area contributed by atoms with Crippen molar-refractivity contribution in [3.63, 3.8) is 0 Å². The maximum Gasteiger partial charge on any atom is 0.331 e. The van der Waals surface area contributed by atoms with Gasteiger partial charge in [0.15, 0.2) is 6.04 Å². The molecule has 2 saturated heterocycles. The van der Waals surface area contributed by atoms with E-state index in [1.54, 1.807) is 54.5 Å². The van der Waals surface area contributed by atoms with E-state index in [4.69, 9.17) is 4.84 Å². The van der Waals surface area contributed by atoms with Crippen LogP contribution in [0.1, 0.15) is 157 Å². The molecule has 0 aliphatic carbocycles. The summed E-state index contributed by atoms with van der Waals surface area (Å²) in [4.78, 5) is 192. The number of fused-ring (bicyclic) bond motifs is 1. The van der Waals surface area contributed by atoms with E-state index in [0.29, 0.717) is 6.42 Å². The van der Waals surface area contributed by atoms with Crippen LogP contribution >= 0.6 is 0 Å². The van der Waals surface area contributed by atoms with Crippen LogP contribution in [0.3, 0.4) is 0 Å². The Morgan fingerprint density at radius 1 is 0.586 bits per heavy atom. The van der Waals surface area contributed by atoms with Crippen molar-refractivity contribution in [3.05, 3.63) is 42.5 Å². The molecular weight excluding hydrogens is 1290 g/mol. The van der Waals surface area contributed by atoms with Crippen LogP contribution in [-0.2, 0) is 67.6 Å². The lowest BCUT2D eigenvalue weighted by Gasteiger charge is -2.50. The molecule has 29 heteroatoms. The smallest absolute Gasteiger partial charge is 0.331 e. The van der Waals surface area contributed by atoms with Gasteiger partial charge in [-0.25, -0.2) is 23.0 Å². The molecule has 0 bridgehead atoms. The molecule has 2 fully saturated rings. The number of hydrogen-bond donors (Lipinski definition) is 5. The van der Waals surface area contributed by atoms with Gasteiger partial charge < -0.3 is 55.6 Å². The lowest BCUT2D eigenvalue weighted by Crippen LogP contribution is -2.72. The zero-order chi connectivity index (χ0) is 76.0. The Balaban J connectivity index is 2.37. The predicted octanol–water partition coefficient (Wildman–Crippen LogP) is 3.99. The van der Waals surface area contributed by atoms with E-state index in [1.165, 1.54) is 109 Å². The maximum absolute atomic E-state index is 15.4. The Morgan fingerprint density at radius 2 is 1.08 bits per heavy atom. The lowest BCUT2D eigenvalue weighted by atomic mass is 9.81. The van der Waals surface area contributed by atoms with Gasteiger partial charge in [-0.05, 0) is 107 Å². The first-order valence-electron chi connectivity index (χ1n) is 34.5. The average Bonchev–Trinajstić information content (AvgIpc) is 0.753. The Bertz CT molecular complexity index is 3180. The highest BCUT2D eigenvalue weighted by Crippen LogP contribution is 2.34. The van der Waals surface area contributed by atoms with Crippen LogP contribution < -0.4 is 26.0 Å². The fourth-order valence-electron chi connectivity index (χ4n) is 12.7. The van der Waals surface area contributed by atoms with Crippen LogP contribution in [0, 0.1) is 40.9 Å². The minimum atomic E-state index is -4.41. The van der Waals surface area contributed by atoms with E-state index in [2.05, 4.69) is 21.3 Å². The molecule has 2 heterocycles. The summed E-state index contributed by atoms with van der Waals surface area (Å²) in [5, 5.41) is 11.9. The van der Waals surface area contributed by atoms with Crippen molar-refractivity contribution in [2.75, 3.05) is 55.9 Å². The fourth-order valence-corrected chi connectivity index (χ4v) is 13.8. The van der Waals surface area contributed by atoms with Gasteiger partial charge in [-0.2, -0.15) is 0 Å². The number of likely N-dealkylation sites (N-methyl/N-ethyl adjacent to an activating group) is 6. The Morgan fingerprint density at radius 3 is 1.58 bits per heavy atom. The number of allylic oxidation sites excluding steroid dienone is 2. The summed E-state index contributed by atoms with van der Waals surface area (Å²) >= 11 is 0. The molecule has 0 saturated carbocycles. The van der Waals surface area contributed by atoms with Crippen LogP contribution in [0.4, 0.5) is 4.79 Å². The van der Waals surface area contributed by atoms with Crippen molar-refractivity contribution < 1.29 is 70.8 Å². The van der Waals surface area contributed by atoms with Gasteiger partial charge in [0.2, 0.25) is 59.1 Å². The number of hydrogen-bond acceptors (Lipinski definition) is 15. The van der Waals surface area contributed by atoms with Crippen molar-refractivity contribution in [1.29, 1.82) is 0 Å². The molecule has 13 atom stereocenters. The second kappa shape index (κ2) is 36.6. The highest BCUT2D eigenvalue weighted by atomic mass is 32.2. The van der Waals surface area contributed by atoms with Gasteiger partial charge in [-0.15, -0.1) is 0 Å². The monoisotopic (exact) mass is 1410 g/mol. The van der Waals surface area contributed by atoms with Crippen LogP contribution in [0.25, 0.3) is 0 Å². The fraction of sp³-hybridized carbons (Fsp3) is 0.714. The van der Waals surface area contributed by atoms with Gasteiger partial charge in [0, 0.05) is 61.3 Å². The van der Waals surface area contributed by atoms with Crippen molar-refractivity contribution in [1.82, 2.24) is 65.4 Å². The largest absolute Gasteiger partial charge is 0.343 e. The topological polar surface area (TPSA) is 334 Å². The molecule has 2 aliphatic heterocycles. The summed E-state index contributed by atoms with van der Waals surface area (Å²) < 4.78 is 28.8. The molecule has 0 radical (unpaired) electrons. The molecule has 1 unspecified atom stereocenters. The molecule has 99 heavy (non-hydrogen) atoms. The summed E-state index contributed by atoms with van der Waals surface area (Å²) in [7, 11) is 5.18.